The molecule has 0 spiro atoms. The number of benzene rings is 1. The molecule has 1 nitrogen and oxygen atoms in total. The quantitative estimate of drug-likeness (QED) is 0.509. The average molecular weight is 363 g/mol. The number of ketones is 1. The standard InChI is InChI=1S/C26H34O/c1-25-14-7-6-10-20(25)11-12-21-22(25)13-15-26(2)23(21)17-19(24(26)27)16-18-8-4-3-5-9-18/h3-5,8-9,16,20-23H,6-7,10-15,17H2,1-2H3/b19-16+/t20-,21+,22-,23-,25+,26-/m1/s1. The third kappa shape index (κ3) is 2.60. The molecule has 1 aromatic rings. The second-order valence-electron chi connectivity index (χ2n) is 10.5. The Labute approximate surface area is 164 Å². The van der Waals surface area contributed by atoms with E-state index in [1.807, 2.05) is 6.07 Å². The Balaban J connectivity index is 1.47. The van der Waals surface area contributed by atoms with Crippen molar-refractivity contribution < 1.29 is 4.79 Å². The molecule has 27 heavy (non-hydrogen) atoms. The Morgan fingerprint density at radius 1 is 0.926 bits per heavy atom. The molecule has 1 heteroatoms. The molecule has 0 heterocycles. The van der Waals surface area contributed by atoms with E-state index in [2.05, 4.69) is 44.2 Å². The van der Waals surface area contributed by atoms with Crippen molar-refractivity contribution in [2.24, 2.45) is 34.5 Å². The molecule has 0 radical (unpaired) electrons. The summed E-state index contributed by atoms with van der Waals surface area (Å²) < 4.78 is 0. The van der Waals surface area contributed by atoms with Gasteiger partial charge in [0.25, 0.3) is 0 Å². The number of carbonyl (C=O) groups is 1. The second-order valence-corrected chi connectivity index (χ2v) is 10.5. The minimum atomic E-state index is -0.0976. The Bertz CT molecular complexity index is 762. The summed E-state index contributed by atoms with van der Waals surface area (Å²) in [6.45, 7) is 4.92. The number of fused-ring (bicyclic) bond motifs is 5. The summed E-state index contributed by atoms with van der Waals surface area (Å²) in [4.78, 5) is 13.4. The van der Waals surface area contributed by atoms with Crippen molar-refractivity contribution in [2.75, 3.05) is 0 Å². The van der Waals surface area contributed by atoms with E-state index in [0.717, 1.165) is 36.2 Å². The van der Waals surface area contributed by atoms with Gasteiger partial charge in [0.1, 0.15) is 0 Å². The largest absolute Gasteiger partial charge is 0.294 e. The highest BCUT2D eigenvalue weighted by atomic mass is 16.1. The van der Waals surface area contributed by atoms with Crippen molar-refractivity contribution in [3.63, 3.8) is 0 Å². The molecule has 0 N–H and O–H groups in total. The predicted octanol–water partition coefficient (Wildman–Crippen LogP) is 6.68. The van der Waals surface area contributed by atoms with E-state index in [-0.39, 0.29) is 5.41 Å². The van der Waals surface area contributed by atoms with Gasteiger partial charge in [0.05, 0.1) is 0 Å². The van der Waals surface area contributed by atoms with Crippen LogP contribution in [-0.4, -0.2) is 5.78 Å². The summed E-state index contributed by atoms with van der Waals surface area (Å²) in [7, 11) is 0. The monoisotopic (exact) mass is 362 g/mol. The van der Waals surface area contributed by atoms with Crippen molar-refractivity contribution in [1.29, 1.82) is 0 Å². The van der Waals surface area contributed by atoms with Gasteiger partial charge in [0.2, 0.25) is 0 Å². The molecule has 1 aromatic carbocycles. The second kappa shape index (κ2) is 6.33. The predicted molar refractivity (Wildman–Crippen MR) is 111 cm³/mol. The number of Topliss-reactive ketones (excluding diaryl/α,β-unsaturated/α-hetero) is 1. The summed E-state index contributed by atoms with van der Waals surface area (Å²) in [5, 5.41) is 0. The van der Waals surface area contributed by atoms with Gasteiger partial charge in [-0.15, -0.1) is 0 Å². The number of carbonyl (C=O) groups excluding carboxylic acids is 1. The van der Waals surface area contributed by atoms with Crippen LogP contribution in [0.2, 0.25) is 0 Å². The zero-order valence-electron chi connectivity index (χ0n) is 17.0. The molecule has 4 aliphatic carbocycles. The Morgan fingerprint density at radius 3 is 2.56 bits per heavy atom. The summed E-state index contributed by atoms with van der Waals surface area (Å²) in [5.74, 6) is 3.63. The number of rotatable bonds is 1. The van der Waals surface area contributed by atoms with Crippen LogP contribution < -0.4 is 0 Å². The van der Waals surface area contributed by atoms with Crippen LogP contribution in [0.4, 0.5) is 0 Å². The molecule has 0 aromatic heterocycles. The summed E-state index contributed by atoms with van der Waals surface area (Å²) >= 11 is 0. The van der Waals surface area contributed by atoms with E-state index >= 15 is 0 Å². The lowest BCUT2D eigenvalue weighted by Gasteiger charge is -2.59. The summed E-state index contributed by atoms with van der Waals surface area (Å²) in [5.41, 5.74) is 2.74. The third-order valence-electron chi connectivity index (χ3n) is 9.36. The molecular weight excluding hydrogens is 328 g/mol. The van der Waals surface area contributed by atoms with Gasteiger partial charge in [-0.1, -0.05) is 57.0 Å². The molecule has 144 valence electrons. The molecule has 0 amide bonds. The molecule has 4 fully saturated rings. The molecule has 0 saturated heterocycles. The van der Waals surface area contributed by atoms with Crippen LogP contribution in [-0.2, 0) is 4.79 Å². The number of hydrogen-bond acceptors (Lipinski definition) is 1. The normalized spacial score (nSPS) is 45.3. The van der Waals surface area contributed by atoms with Crippen LogP contribution in [0, 0.1) is 34.5 Å². The van der Waals surface area contributed by atoms with Gasteiger partial charge in [-0.2, -0.15) is 0 Å². The van der Waals surface area contributed by atoms with Crippen molar-refractivity contribution >= 4 is 11.9 Å². The molecule has 4 aliphatic rings. The smallest absolute Gasteiger partial charge is 0.165 e. The average Bonchev–Trinajstić information content (AvgIpc) is 2.93. The van der Waals surface area contributed by atoms with Gasteiger partial charge in [-0.3, -0.25) is 4.79 Å². The Hall–Kier alpha value is -1.37. The lowest BCUT2D eigenvalue weighted by Crippen LogP contribution is -2.52. The van der Waals surface area contributed by atoms with Gasteiger partial charge in [-0.25, -0.2) is 0 Å². The molecule has 6 atom stereocenters. The highest BCUT2D eigenvalue weighted by Crippen LogP contribution is 2.66. The molecule has 0 aliphatic heterocycles. The van der Waals surface area contributed by atoms with Crippen LogP contribution in [0.5, 0.6) is 0 Å². The highest BCUT2D eigenvalue weighted by Gasteiger charge is 2.60. The van der Waals surface area contributed by atoms with E-state index in [1.54, 1.807) is 0 Å². The first-order valence-electron chi connectivity index (χ1n) is 11.3. The highest BCUT2D eigenvalue weighted by molar-refractivity contribution is 6.05. The first-order chi connectivity index (χ1) is 13.0. The van der Waals surface area contributed by atoms with E-state index in [1.165, 1.54) is 50.5 Å². The van der Waals surface area contributed by atoms with Crippen molar-refractivity contribution in [3.8, 4) is 0 Å². The number of allylic oxidation sites excluding steroid dienone is 1. The van der Waals surface area contributed by atoms with Gasteiger partial charge in [-0.05, 0) is 91.2 Å². The van der Waals surface area contributed by atoms with Gasteiger partial charge in [0.15, 0.2) is 5.78 Å². The van der Waals surface area contributed by atoms with E-state index < -0.39 is 0 Å². The van der Waals surface area contributed by atoms with Crippen LogP contribution in [0.15, 0.2) is 35.9 Å². The third-order valence-corrected chi connectivity index (χ3v) is 9.36. The van der Waals surface area contributed by atoms with Crippen LogP contribution in [0.3, 0.4) is 0 Å². The maximum absolute atomic E-state index is 13.4. The van der Waals surface area contributed by atoms with E-state index in [9.17, 15) is 4.79 Å². The summed E-state index contributed by atoms with van der Waals surface area (Å²) in [6, 6.07) is 10.4. The van der Waals surface area contributed by atoms with Gasteiger partial charge >= 0.3 is 0 Å². The van der Waals surface area contributed by atoms with Crippen LogP contribution in [0.1, 0.15) is 77.2 Å². The van der Waals surface area contributed by atoms with Crippen LogP contribution >= 0.6 is 0 Å². The fourth-order valence-electron chi connectivity index (χ4n) is 7.85. The fourth-order valence-corrected chi connectivity index (χ4v) is 7.85. The van der Waals surface area contributed by atoms with Crippen LogP contribution in [0.25, 0.3) is 6.08 Å². The first-order valence-corrected chi connectivity index (χ1v) is 11.3. The zero-order chi connectivity index (χ0) is 18.6. The number of hydrogen-bond donors (Lipinski definition) is 0. The molecule has 0 bridgehead atoms. The topological polar surface area (TPSA) is 17.1 Å². The minimum Gasteiger partial charge on any atom is -0.294 e. The first kappa shape index (κ1) is 17.7. The fraction of sp³-hybridized carbons (Fsp3) is 0.654. The van der Waals surface area contributed by atoms with Crippen molar-refractivity contribution in [2.45, 2.75) is 71.6 Å². The van der Waals surface area contributed by atoms with Gasteiger partial charge in [0, 0.05) is 5.41 Å². The maximum atomic E-state index is 13.4. The lowest BCUT2D eigenvalue weighted by atomic mass is 9.45. The zero-order valence-corrected chi connectivity index (χ0v) is 17.0. The van der Waals surface area contributed by atoms with Gasteiger partial charge < -0.3 is 0 Å². The van der Waals surface area contributed by atoms with E-state index in [0.29, 0.717) is 17.1 Å². The molecular formula is C26H34O. The maximum Gasteiger partial charge on any atom is 0.165 e. The summed E-state index contributed by atoms with van der Waals surface area (Å²) in [6.07, 6.45) is 14.2. The molecule has 0 unspecified atom stereocenters. The Morgan fingerprint density at radius 2 is 1.74 bits per heavy atom. The molecule has 4 saturated carbocycles. The SMILES string of the molecule is C[C@]12CCCC[C@@H]1CC[C@H]1[C@H]2CC[C@@]2(C)C(=O)/C(=C/c3ccccc3)C[C@H]12. The Kier molecular flexibility index (Phi) is 4.15. The van der Waals surface area contributed by atoms with Crippen molar-refractivity contribution in [3.05, 3.63) is 41.5 Å². The minimum absolute atomic E-state index is 0.0976. The van der Waals surface area contributed by atoms with E-state index in [4.69, 9.17) is 0 Å². The van der Waals surface area contributed by atoms with Crippen molar-refractivity contribution in [1.82, 2.24) is 0 Å². The molecule has 5 rings (SSSR count). The lowest BCUT2D eigenvalue weighted by molar-refractivity contribution is -0.137.